The van der Waals surface area contributed by atoms with Crippen LogP contribution in [0.5, 0.6) is 5.75 Å². The molecule has 1 heterocycles. The molecule has 0 unspecified atom stereocenters. The summed E-state index contributed by atoms with van der Waals surface area (Å²) in [6.07, 6.45) is 1.56. The molecule has 0 atom stereocenters. The van der Waals surface area contributed by atoms with Crippen LogP contribution in [0.4, 0.5) is 0 Å². The molecule has 0 fully saturated rings. The lowest BCUT2D eigenvalue weighted by Gasteiger charge is -2.02. The lowest BCUT2D eigenvalue weighted by molar-refractivity contribution is -0.120. The van der Waals surface area contributed by atoms with E-state index in [2.05, 4.69) is 10.5 Å². The molecule has 0 aliphatic carbocycles. The number of benzene rings is 2. The Kier molecular flexibility index (Phi) is 6.31. The second-order valence-corrected chi connectivity index (χ2v) is 6.43. The number of nitrogens with one attached hydrogen (secondary N) is 1. The third kappa shape index (κ3) is 5.24. The fraction of sp³-hybridized carbons (Fsp3) is 0.0952. The highest BCUT2D eigenvalue weighted by molar-refractivity contribution is 6.33. The first-order valence-corrected chi connectivity index (χ1v) is 8.92. The van der Waals surface area contributed by atoms with Crippen LogP contribution in [-0.2, 0) is 11.2 Å². The van der Waals surface area contributed by atoms with Gasteiger partial charge in [0.1, 0.15) is 17.3 Å². The van der Waals surface area contributed by atoms with E-state index in [9.17, 15) is 9.59 Å². The van der Waals surface area contributed by atoms with E-state index in [-0.39, 0.29) is 22.9 Å². The summed E-state index contributed by atoms with van der Waals surface area (Å²) in [5.74, 6) is 0.270. The third-order valence-corrected chi connectivity index (χ3v) is 4.33. The number of rotatable bonds is 7. The van der Waals surface area contributed by atoms with E-state index < -0.39 is 5.97 Å². The zero-order valence-corrected chi connectivity index (χ0v) is 16.1. The van der Waals surface area contributed by atoms with Crippen LogP contribution in [0, 0.1) is 0 Å². The maximum Gasteiger partial charge on any atom is 0.337 e. The molecule has 0 spiro atoms. The molecule has 0 radical (unpaired) electrons. The maximum absolute atomic E-state index is 12.0. The Morgan fingerprint density at radius 3 is 2.59 bits per heavy atom. The van der Waals surface area contributed by atoms with E-state index in [1.165, 1.54) is 18.3 Å². The summed E-state index contributed by atoms with van der Waals surface area (Å²) in [4.78, 5) is 23.0. The van der Waals surface area contributed by atoms with E-state index in [0.717, 1.165) is 11.3 Å². The number of nitrogens with zero attached hydrogens (tertiary/aromatic N) is 1. The molecule has 148 valence electrons. The van der Waals surface area contributed by atoms with Crippen molar-refractivity contribution in [3.63, 3.8) is 0 Å². The van der Waals surface area contributed by atoms with Gasteiger partial charge in [0, 0.05) is 5.56 Å². The van der Waals surface area contributed by atoms with Gasteiger partial charge in [-0.15, -0.1) is 0 Å². The number of carbonyl (C=O) groups is 2. The number of carbonyl (C=O) groups excluding carboxylic acids is 1. The minimum atomic E-state index is -1.10. The van der Waals surface area contributed by atoms with Crippen LogP contribution in [-0.4, -0.2) is 30.3 Å². The maximum atomic E-state index is 12.0. The molecule has 0 saturated carbocycles. The van der Waals surface area contributed by atoms with Gasteiger partial charge in [0.2, 0.25) is 5.91 Å². The first kappa shape index (κ1) is 20.2. The summed E-state index contributed by atoms with van der Waals surface area (Å²) in [7, 11) is 1.58. The topological polar surface area (TPSA) is 101 Å². The molecule has 0 aliphatic rings. The van der Waals surface area contributed by atoms with Crippen LogP contribution in [0.1, 0.15) is 21.7 Å². The number of hydrogen-bond donors (Lipinski definition) is 2. The van der Waals surface area contributed by atoms with Crippen LogP contribution in [0.25, 0.3) is 11.3 Å². The highest BCUT2D eigenvalue weighted by atomic mass is 35.5. The molecule has 2 N–H and O–H groups in total. The van der Waals surface area contributed by atoms with E-state index in [4.69, 9.17) is 25.9 Å². The monoisotopic (exact) mass is 412 g/mol. The number of amides is 1. The standard InChI is InChI=1S/C21H17ClN2O5/c1-28-15-5-2-13(3-6-15)10-20(25)24-23-12-16-7-9-19(29-16)14-4-8-17(21(26)27)18(22)11-14/h2-9,11-12H,10H2,1H3,(H,24,25)(H,26,27)/b23-12-. The summed E-state index contributed by atoms with van der Waals surface area (Å²) in [6.45, 7) is 0. The van der Waals surface area contributed by atoms with Crippen LogP contribution < -0.4 is 10.2 Å². The largest absolute Gasteiger partial charge is 0.497 e. The van der Waals surface area contributed by atoms with Crippen molar-refractivity contribution in [2.45, 2.75) is 6.42 Å². The first-order valence-electron chi connectivity index (χ1n) is 8.54. The minimum Gasteiger partial charge on any atom is -0.497 e. The lowest BCUT2D eigenvalue weighted by Crippen LogP contribution is -2.19. The van der Waals surface area contributed by atoms with Crippen LogP contribution in [0.15, 0.2) is 64.1 Å². The Hall–Kier alpha value is -3.58. The second kappa shape index (κ2) is 9.07. The number of carboxylic acids is 1. The van der Waals surface area contributed by atoms with Gasteiger partial charge < -0.3 is 14.3 Å². The predicted octanol–water partition coefficient (Wildman–Crippen LogP) is 4.00. The molecule has 1 aromatic heterocycles. The summed E-state index contributed by atoms with van der Waals surface area (Å²) >= 11 is 5.98. The predicted molar refractivity (Wildman–Crippen MR) is 109 cm³/mol. The summed E-state index contributed by atoms with van der Waals surface area (Å²) in [6, 6.07) is 15.1. The third-order valence-electron chi connectivity index (χ3n) is 4.02. The van der Waals surface area contributed by atoms with Gasteiger partial charge in [-0.3, -0.25) is 4.79 Å². The zero-order chi connectivity index (χ0) is 20.8. The quantitative estimate of drug-likeness (QED) is 0.451. The highest BCUT2D eigenvalue weighted by Crippen LogP contribution is 2.27. The second-order valence-electron chi connectivity index (χ2n) is 6.02. The molecule has 3 rings (SSSR count). The summed E-state index contributed by atoms with van der Waals surface area (Å²) < 4.78 is 10.7. The number of hydrogen-bond acceptors (Lipinski definition) is 5. The van der Waals surface area contributed by atoms with Crippen molar-refractivity contribution in [2.75, 3.05) is 7.11 Å². The van der Waals surface area contributed by atoms with E-state index in [0.29, 0.717) is 17.1 Å². The molecule has 3 aromatic rings. The summed E-state index contributed by atoms with van der Waals surface area (Å²) in [5, 5.41) is 13.0. The van der Waals surface area contributed by atoms with Gasteiger partial charge in [0.15, 0.2) is 0 Å². The van der Waals surface area contributed by atoms with Gasteiger partial charge >= 0.3 is 5.97 Å². The zero-order valence-electron chi connectivity index (χ0n) is 15.4. The smallest absolute Gasteiger partial charge is 0.337 e. The Labute approximate surface area is 171 Å². The van der Waals surface area contributed by atoms with Crippen molar-refractivity contribution in [1.82, 2.24) is 5.43 Å². The van der Waals surface area contributed by atoms with Gasteiger partial charge in [-0.05, 0) is 42.0 Å². The summed E-state index contributed by atoms with van der Waals surface area (Å²) in [5.41, 5.74) is 3.92. The molecule has 7 nitrogen and oxygen atoms in total. The Morgan fingerprint density at radius 1 is 1.17 bits per heavy atom. The SMILES string of the molecule is COc1ccc(CC(=O)N/N=C\c2ccc(-c3ccc(C(=O)O)c(Cl)c3)o2)cc1. The fourth-order valence-electron chi connectivity index (χ4n) is 2.56. The van der Waals surface area contributed by atoms with E-state index in [1.807, 2.05) is 12.1 Å². The van der Waals surface area contributed by atoms with Gasteiger partial charge in [-0.1, -0.05) is 29.8 Å². The number of aromatic carboxylic acids is 1. The molecule has 2 aromatic carbocycles. The van der Waals surface area contributed by atoms with E-state index in [1.54, 1.807) is 37.4 Å². The van der Waals surface area contributed by atoms with Crippen molar-refractivity contribution in [3.05, 3.63) is 76.5 Å². The number of hydrazone groups is 1. The molecule has 29 heavy (non-hydrogen) atoms. The van der Waals surface area contributed by atoms with Gasteiger partial charge in [-0.2, -0.15) is 5.10 Å². The number of methoxy groups -OCH3 is 1. The van der Waals surface area contributed by atoms with Crippen LogP contribution >= 0.6 is 11.6 Å². The number of halogens is 1. The highest BCUT2D eigenvalue weighted by Gasteiger charge is 2.11. The van der Waals surface area contributed by atoms with Gasteiger partial charge in [-0.25, -0.2) is 10.2 Å². The van der Waals surface area contributed by atoms with Crippen molar-refractivity contribution in [2.24, 2.45) is 5.10 Å². The molecule has 0 bridgehead atoms. The van der Waals surface area contributed by atoms with Gasteiger partial charge in [0.05, 0.1) is 30.3 Å². The fourth-order valence-corrected chi connectivity index (χ4v) is 2.82. The Morgan fingerprint density at radius 2 is 1.93 bits per heavy atom. The van der Waals surface area contributed by atoms with Crippen molar-refractivity contribution in [3.8, 4) is 17.1 Å². The number of furan rings is 1. The van der Waals surface area contributed by atoms with Crippen molar-refractivity contribution < 1.29 is 23.8 Å². The lowest BCUT2D eigenvalue weighted by atomic mass is 10.1. The molecule has 1 amide bonds. The van der Waals surface area contributed by atoms with E-state index >= 15 is 0 Å². The minimum absolute atomic E-state index is 0.0170. The molecular formula is C21H17ClN2O5. The molecular weight excluding hydrogens is 396 g/mol. The normalized spacial score (nSPS) is 10.8. The number of ether oxygens (including phenoxy) is 1. The Balaban J connectivity index is 1.59. The molecule has 8 heteroatoms. The van der Waals surface area contributed by atoms with Crippen LogP contribution in [0.2, 0.25) is 5.02 Å². The van der Waals surface area contributed by atoms with Gasteiger partial charge in [0.25, 0.3) is 0 Å². The van der Waals surface area contributed by atoms with Crippen molar-refractivity contribution in [1.29, 1.82) is 0 Å². The number of carboxylic acid groups (broad SMARTS) is 1. The Bertz CT molecular complexity index is 1060. The molecule has 0 aliphatic heterocycles. The van der Waals surface area contributed by atoms with Crippen LogP contribution in [0.3, 0.4) is 0 Å². The average Bonchev–Trinajstić information content (AvgIpc) is 3.17. The first-order chi connectivity index (χ1) is 14.0. The van der Waals surface area contributed by atoms with Crippen molar-refractivity contribution >= 4 is 29.7 Å². The average molecular weight is 413 g/mol. The molecule has 0 saturated heterocycles.